The molecule has 0 bridgehead atoms. The van der Waals surface area contributed by atoms with Crippen LogP contribution in [0.2, 0.25) is 0 Å². The molecule has 0 aliphatic heterocycles. The topological polar surface area (TPSA) is 71.5 Å². The number of nitrogens with zero attached hydrogens (tertiary/aromatic N) is 3. The van der Waals surface area contributed by atoms with Crippen molar-refractivity contribution in [3.8, 4) is 11.5 Å². The van der Waals surface area contributed by atoms with E-state index in [1.165, 1.54) is 0 Å². The smallest absolute Gasteiger partial charge is 0.225 e. The quantitative estimate of drug-likeness (QED) is 0.523. The van der Waals surface area contributed by atoms with E-state index in [0.29, 0.717) is 18.0 Å². The lowest BCUT2D eigenvalue weighted by atomic mass is 9.91. The highest BCUT2D eigenvalue weighted by molar-refractivity contribution is 5.90. The first-order valence-electron chi connectivity index (χ1n) is 11.6. The van der Waals surface area contributed by atoms with Gasteiger partial charge in [-0.25, -0.2) is 4.98 Å². The summed E-state index contributed by atoms with van der Waals surface area (Å²) in [6.07, 6.45) is 4.40. The first-order chi connectivity index (χ1) is 16.0. The molecule has 1 aliphatic carbocycles. The van der Waals surface area contributed by atoms with E-state index in [-0.39, 0.29) is 0 Å². The molecule has 7 nitrogen and oxygen atoms in total. The number of para-hydroxylation sites is 1. The van der Waals surface area contributed by atoms with Crippen LogP contribution in [0.3, 0.4) is 0 Å². The first-order valence-corrected chi connectivity index (χ1v) is 11.6. The van der Waals surface area contributed by atoms with E-state index in [1.54, 1.807) is 14.2 Å². The van der Waals surface area contributed by atoms with Crippen molar-refractivity contribution in [2.24, 2.45) is 0 Å². The van der Waals surface area contributed by atoms with Crippen molar-refractivity contribution in [1.82, 2.24) is 15.3 Å². The fourth-order valence-electron chi connectivity index (χ4n) is 4.72. The summed E-state index contributed by atoms with van der Waals surface area (Å²) in [6.45, 7) is 2.82. The van der Waals surface area contributed by atoms with E-state index in [2.05, 4.69) is 22.8 Å². The first kappa shape index (κ1) is 23.1. The van der Waals surface area contributed by atoms with Crippen molar-refractivity contribution < 1.29 is 9.47 Å². The standard InChI is InChI=1S/C26H35N5O2/c1-17-23(32-4)15-10-18(24(17)33-5)16-27-19-11-13-20(14-12-19)28-26-29-22-9-7-6-8-21(22)25(30-26)31(2)3/h6-10,15,19-20,27H,11-14,16H2,1-5H3,(H,28,29,30)/t19-,20+. The van der Waals surface area contributed by atoms with Gasteiger partial charge in [-0.15, -0.1) is 0 Å². The van der Waals surface area contributed by atoms with E-state index in [9.17, 15) is 0 Å². The molecule has 7 heteroatoms. The molecule has 3 aromatic rings. The summed E-state index contributed by atoms with van der Waals surface area (Å²) in [7, 11) is 7.46. The maximum absolute atomic E-state index is 5.65. The van der Waals surface area contributed by atoms with Crippen molar-refractivity contribution in [2.45, 2.75) is 51.2 Å². The number of ether oxygens (including phenoxy) is 2. The SMILES string of the molecule is COc1ccc(CN[C@H]2CC[C@@H](Nc3nc(N(C)C)c4ccccc4n3)CC2)c(OC)c1C. The van der Waals surface area contributed by atoms with Crippen molar-refractivity contribution >= 4 is 22.7 Å². The Bertz CT molecular complexity index is 1090. The third-order valence-corrected chi connectivity index (χ3v) is 6.51. The van der Waals surface area contributed by atoms with Gasteiger partial charge in [0.1, 0.15) is 17.3 Å². The van der Waals surface area contributed by atoms with Crippen molar-refractivity contribution in [2.75, 3.05) is 38.5 Å². The summed E-state index contributed by atoms with van der Waals surface area (Å²) in [5.74, 6) is 3.42. The Morgan fingerprint density at radius 1 is 0.939 bits per heavy atom. The molecule has 0 spiro atoms. The molecule has 0 atom stereocenters. The average molecular weight is 450 g/mol. The van der Waals surface area contributed by atoms with Gasteiger partial charge in [0.2, 0.25) is 5.95 Å². The summed E-state index contributed by atoms with van der Waals surface area (Å²) < 4.78 is 11.1. The lowest BCUT2D eigenvalue weighted by Gasteiger charge is -2.30. The van der Waals surface area contributed by atoms with Gasteiger partial charge in [0.25, 0.3) is 0 Å². The zero-order valence-electron chi connectivity index (χ0n) is 20.3. The Kier molecular flexibility index (Phi) is 7.18. The van der Waals surface area contributed by atoms with E-state index in [4.69, 9.17) is 19.4 Å². The lowest BCUT2D eigenvalue weighted by Crippen LogP contribution is -2.37. The minimum atomic E-state index is 0.386. The molecule has 1 heterocycles. The summed E-state index contributed by atoms with van der Waals surface area (Å²) in [4.78, 5) is 11.6. The molecule has 4 rings (SSSR count). The second kappa shape index (κ2) is 10.3. The number of methoxy groups -OCH3 is 2. The Hall–Kier alpha value is -3.06. The van der Waals surface area contributed by atoms with Crippen LogP contribution in [0.5, 0.6) is 11.5 Å². The molecule has 0 amide bonds. The Balaban J connectivity index is 1.35. The molecule has 2 N–H and O–H groups in total. The maximum atomic E-state index is 5.65. The molecule has 0 radical (unpaired) electrons. The number of fused-ring (bicyclic) bond motifs is 1. The number of nitrogens with one attached hydrogen (secondary N) is 2. The van der Waals surface area contributed by atoms with Crippen LogP contribution in [0.4, 0.5) is 11.8 Å². The molecular weight excluding hydrogens is 414 g/mol. The van der Waals surface area contributed by atoms with Crippen LogP contribution in [0.1, 0.15) is 36.8 Å². The molecule has 1 aliphatic rings. The zero-order chi connectivity index (χ0) is 23.4. The average Bonchev–Trinajstić information content (AvgIpc) is 2.83. The van der Waals surface area contributed by atoms with Crippen LogP contribution >= 0.6 is 0 Å². The number of anilines is 2. The third-order valence-electron chi connectivity index (χ3n) is 6.51. The minimum Gasteiger partial charge on any atom is -0.496 e. The van der Waals surface area contributed by atoms with Crippen LogP contribution in [-0.2, 0) is 6.54 Å². The monoisotopic (exact) mass is 449 g/mol. The Labute approximate surface area is 196 Å². The molecule has 176 valence electrons. The zero-order valence-corrected chi connectivity index (χ0v) is 20.3. The molecule has 0 unspecified atom stereocenters. The highest BCUT2D eigenvalue weighted by Gasteiger charge is 2.22. The minimum absolute atomic E-state index is 0.386. The summed E-state index contributed by atoms with van der Waals surface area (Å²) >= 11 is 0. The molecule has 1 saturated carbocycles. The van der Waals surface area contributed by atoms with Crippen LogP contribution in [0.25, 0.3) is 10.9 Å². The van der Waals surface area contributed by atoms with Gasteiger partial charge in [-0.2, -0.15) is 4.98 Å². The fourth-order valence-corrected chi connectivity index (χ4v) is 4.72. The van der Waals surface area contributed by atoms with Gasteiger partial charge >= 0.3 is 0 Å². The second-order valence-electron chi connectivity index (χ2n) is 8.94. The third kappa shape index (κ3) is 5.14. The fraction of sp³-hybridized carbons (Fsp3) is 0.462. The van der Waals surface area contributed by atoms with Gasteiger partial charge in [0.05, 0.1) is 19.7 Å². The van der Waals surface area contributed by atoms with E-state index in [1.807, 2.05) is 50.2 Å². The maximum Gasteiger partial charge on any atom is 0.225 e. The number of benzene rings is 2. The summed E-state index contributed by atoms with van der Waals surface area (Å²) in [5.41, 5.74) is 3.18. The molecule has 1 fully saturated rings. The predicted octanol–water partition coefficient (Wildman–Crippen LogP) is 4.53. The molecular formula is C26H35N5O2. The Morgan fingerprint density at radius 2 is 1.67 bits per heavy atom. The molecule has 0 saturated heterocycles. The van der Waals surface area contributed by atoms with Gasteiger partial charge < -0.3 is 25.0 Å². The van der Waals surface area contributed by atoms with Gasteiger partial charge in [0.15, 0.2) is 0 Å². The Morgan fingerprint density at radius 3 is 2.36 bits per heavy atom. The molecule has 33 heavy (non-hydrogen) atoms. The van der Waals surface area contributed by atoms with Gasteiger partial charge in [-0.1, -0.05) is 18.2 Å². The van der Waals surface area contributed by atoms with Crippen LogP contribution in [-0.4, -0.2) is 50.4 Å². The number of hydrogen-bond acceptors (Lipinski definition) is 7. The number of hydrogen-bond donors (Lipinski definition) is 2. The van der Waals surface area contributed by atoms with Crippen LogP contribution in [0, 0.1) is 6.92 Å². The van der Waals surface area contributed by atoms with Crippen LogP contribution < -0.4 is 25.0 Å². The van der Waals surface area contributed by atoms with Crippen molar-refractivity contribution in [3.05, 3.63) is 47.5 Å². The lowest BCUT2D eigenvalue weighted by molar-refractivity contribution is 0.346. The van der Waals surface area contributed by atoms with Crippen molar-refractivity contribution in [1.29, 1.82) is 0 Å². The molecule has 1 aromatic heterocycles. The summed E-state index contributed by atoms with van der Waals surface area (Å²) in [5, 5.41) is 8.39. The summed E-state index contributed by atoms with van der Waals surface area (Å²) in [6, 6.07) is 13.2. The number of rotatable bonds is 8. The van der Waals surface area contributed by atoms with Crippen LogP contribution in [0.15, 0.2) is 36.4 Å². The van der Waals surface area contributed by atoms with E-state index >= 15 is 0 Å². The van der Waals surface area contributed by atoms with Crippen molar-refractivity contribution in [3.63, 3.8) is 0 Å². The van der Waals surface area contributed by atoms with E-state index < -0.39 is 0 Å². The normalized spacial score (nSPS) is 18.2. The molecule has 2 aromatic carbocycles. The predicted molar refractivity (Wildman–Crippen MR) is 135 cm³/mol. The van der Waals surface area contributed by atoms with Gasteiger partial charge in [0, 0.05) is 49.2 Å². The van der Waals surface area contributed by atoms with Gasteiger partial charge in [-0.3, -0.25) is 0 Å². The highest BCUT2D eigenvalue weighted by Crippen LogP contribution is 2.32. The number of aromatic nitrogens is 2. The second-order valence-corrected chi connectivity index (χ2v) is 8.94. The largest absolute Gasteiger partial charge is 0.496 e. The van der Waals surface area contributed by atoms with E-state index in [0.717, 1.165) is 71.6 Å². The van der Waals surface area contributed by atoms with Gasteiger partial charge in [-0.05, 0) is 50.8 Å². The highest BCUT2D eigenvalue weighted by atomic mass is 16.5.